The molecule has 36 heavy (non-hydrogen) atoms. The number of hydrogen-bond donors (Lipinski definition) is 0. The van der Waals surface area contributed by atoms with E-state index in [2.05, 4.69) is 88.6 Å². The quantitative estimate of drug-likeness (QED) is 0.346. The van der Waals surface area contributed by atoms with Crippen molar-refractivity contribution < 1.29 is 4.79 Å². The smallest absolute Gasteiger partial charge is 0.222 e. The third-order valence-electron chi connectivity index (χ3n) is 5.50. The Hall–Kier alpha value is -1.98. The average Bonchev–Trinajstić information content (AvgIpc) is 3.17. The molecule has 0 aromatic carbocycles. The first-order chi connectivity index (χ1) is 17.3. The van der Waals surface area contributed by atoms with Gasteiger partial charge < -0.3 is 4.90 Å². The minimum atomic E-state index is 0.179. The topological polar surface area (TPSA) is 32.7 Å². The number of amides is 1. The van der Waals surface area contributed by atoms with Crippen molar-refractivity contribution in [2.75, 3.05) is 13.6 Å². The van der Waals surface area contributed by atoms with E-state index in [0.29, 0.717) is 6.42 Å². The lowest BCUT2D eigenvalue weighted by molar-refractivity contribution is -0.130. The highest BCUT2D eigenvalue weighted by Crippen LogP contribution is 2.40. The maximum Gasteiger partial charge on any atom is 0.222 e. The molecule has 0 N–H and O–H groups in total. The van der Waals surface area contributed by atoms with Crippen LogP contribution < -0.4 is 0 Å². The summed E-state index contributed by atoms with van der Waals surface area (Å²) in [6, 6.07) is 0. The molecule has 2 unspecified atom stereocenters. The lowest BCUT2D eigenvalue weighted by Gasteiger charge is -2.20. The fraction of sp³-hybridized carbons (Fsp3) is 0.484. The molecule has 2 atom stereocenters. The van der Waals surface area contributed by atoms with Crippen LogP contribution in [-0.4, -0.2) is 35.4 Å². The fourth-order valence-corrected chi connectivity index (χ4v) is 5.57. The summed E-state index contributed by atoms with van der Waals surface area (Å²) in [5, 5.41) is 2.41. The van der Waals surface area contributed by atoms with E-state index in [-0.39, 0.29) is 17.1 Å². The standard InChI is InChI=1S/C26H32N2OS2.C3H8.C2H6/c1-6-28(5)25(29)17-18(2)12-13-22-20(4)27-26(24-16-19(3)14-15-30-24)21-10-8-7-9-11-23(21)31-22;1-3-2;1-2/h7-9,11-16,18,24H,6,10,17H2,1-5H3;3H2,1-2H3;1-2H3/b13-12-;;. The molecule has 3 aliphatic rings. The van der Waals surface area contributed by atoms with Crippen molar-refractivity contribution >= 4 is 35.1 Å². The Kier molecular flexibility index (Phi) is 15.6. The van der Waals surface area contributed by atoms with Gasteiger partial charge in [0.1, 0.15) is 0 Å². The van der Waals surface area contributed by atoms with E-state index in [1.165, 1.54) is 22.5 Å². The Morgan fingerprint density at radius 1 is 1.19 bits per heavy atom. The van der Waals surface area contributed by atoms with Gasteiger partial charge in [0.25, 0.3) is 0 Å². The lowest BCUT2D eigenvalue weighted by Crippen LogP contribution is -2.27. The second-order valence-electron chi connectivity index (χ2n) is 8.81. The average molecular weight is 527 g/mol. The third-order valence-corrected chi connectivity index (χ3v) is 7.70. The van der Waals surface area contributed by atoms with Crippen molar-refractivity contribution in [3.05, 3.63) is 80.7 Å². The number of aliphatic imine (C=N–C) groups is 1. The first-order valence-corrected chi connectivity index (χ1v) is 15.0. The molecule has 0 radical (unpaired) electrons. The van der Waals surface area contributed by atoms with Crippen LogP contribution in [0.3, 0.4) is 0 Å². The van der Waals surface area contributed by atoms with Gasteiger partial charge in [-0.25, -0.2) is 0 Å². The van der Waals surface area contributed by atoms with Gasteiger partial charge in [0, 0.05) is 29.8 Å². The number of rotatable bonds is 6. The zero-order valence-electron chi connectivity index (χ0n) is 23.8. The summed E-state index contributed by atoms with van der Waals surface area (Å²) in [5.41, 5.74) is 4.78. The van der Waals surface area contributed by atoms with Gasteiger partial charge in [-0.05, 0) is 50.2 Å². The molecule has 0 spiro atoms. The monoisotopic (exact) mass is 526 g/mol. The maximum absolute atomic E-state index is 12.2. The minimum absolute atomic E-state index is 0.179. The van der Waals surface area contributed by atoms with Crippen LogP contribution in [0.15, 0.2) is 85.7 Å². The van der Waals surface area contributed by atoms with Gasteiger partial charge in [0.2, 0.25) is 5.91 Å². The summed E-state index contributed by atoms with van der Waals surface area (Å²) >= 11 is 3.60. The van der Waals surface area contributed by atoms with Gasteiger partial charge in [-0.1, -0.05) is 101 Å². The van der Waals surface area contributed by atoms with E-state index in [1.54, 1.807) is 16.7 Å². The van der Waals surface area contributed by atoms with E-state index < -0.39 is 0 Å². The van der Waals surface area contributed by atoms with E-state index >= 15 is 0 Å². The van der Waals surface area contributed by atoms with Crippen molar-refractivity contribution in [2.24, 2.45) is 10.9 Å². The Morgan fingerprint density at radius 2 is 1.89 bits per heavy atom. The van der Waals surface area contributed by atoms with Crippen LogP contribution in [0, 0.1) is 5.92 Å². The van der Waals surface area contributed by atoms with E-state index in [0.717, 1.165) is 29.3 Å². The molecular weight excluding hydrogens is 480 g/mol. The number of hydrogen-bond acceptors (Lipinski definition) is 4. The highest BCUT2D eigenvalue weighted by Gasteiger charge is 2.25. The summed E-state index contributed by atoms with van der Waals surface area (Å²) in [6.07, 6.45) is 20.1. The summed E-state index contributed by atoms with van der Waals surface area (Å²) in [7, 11) is 1.86. The number of carbonyl (C=O) groups is 1. The molecule has 2 heterocycles. The van der Waals surface area contributed by atoms with Crippen molar-refractivity contribution in [1.29, 1.82) is 0 Å². The zero-order chi connectivity index (χ0) is 27.1. The molecular formula is C31H46N2OS2. The first-order valence-electron chi connectivity index (χ1n) is 13.3. The molecule has 5 heteroatoms. The van der Waals surface area contributed by atoms with Crippen LogP contribution in [0.25, 0.3) is 0 Å². The molecule has 0 saturated carbocycles. The number of nitrogens with zero attached hydrogens (tertiary/aromatic N) is 2. The van der Waals surface area contributed by atoms with Crippen LogP contribution in [-0.2, 0) is 4.79 Å². The molecule has 0 bridgehead atoms. The second kappa shape index (κ2) is 17.5. The van der Waals surface area contributed by atoms with Crippen molar-refractivity contribution in [2.45, 2.75) is 79.9 Å². The summed E-state index contributed by atoms with van der Waals surface area (Å²) in [6.45, 7) is 17.3. The highest BCUT2D eigenvalue weighted by atomic mass is 32.2. The van der Waals surface area contributed by atoms with E-state index in [1.807, 2.05) is 39.6 Å². The predicted octanol–water partition coefficient (Wildman–Crippen LogP) is 9.25. The number of carbonyl (C=O) groups excluding carboxylic acids is 1. The molecule has 198 valence electrons. The van der Waals surface area contributed by atoms with Gasteiger partial charge in [0.05, 0.1) is 16.7 Å². The summed E-state index contributed by atoms with van der Waals surface area (Å²) < 4.78 is 0. The summed E-state index contributed by atoms with van der Waals surface area (Å²) in [4.78, 5) is 21.6. The Morgan fingerprint density at radius 3 is 2.53 bits per heavy atom. The third kappa shape index (κ3) is 10.2. The summed E-state index contributed by atoms with van der Waals surface area (Å²) in [5.74, 6) is 0.366. The Balaban J connectivity index is 0.00000120. The van der Waals surface area contributed by atoms with Crippen LogP contribution in [0.2, 0.25) is 0 Å². The van der Waals surface area contributed by atoms with Crippen LogP contribution in [0.4, 0.5) is 0 Å². The molecule has 3 nitrogen and oxygen atoms in total. The predicted molar refractivity (Wildman–Crippen MR) is 165 cm³/mol. The molecule has 0 fully saturated rings. The first kappa shape index (κ1) is 32.0. The van der Waals surface area contributed by atoms with E-state index in [4.69, 9.17) is 4.99 Å². The van der Waals surface area contributed by atoms with Gasteiger partial charge in [-0.15, -0.1) is 11.8 Å². The lowest BCUT2D eigenvalue weighted by atomic mass is 10.0. The molecule has 1 aliphatic carbocycles. The van der Waals surface area contributed by atoms with Crippen LogP contribution in [0.5, 0.6) is 0 Å². The van der Waals surface area contributed by atoms with Gasteiger partial charge >= 0.3 is 0 Å². The number of allylic oxidation sites excluding steroid dienone is 10. The van der Waals surface area contributed by atoms with Gasteiger partial charge in [-0.2, -0.15) is 0 Å². The number of thioether (sulfide) groups is 2. The van der Waals surface area contributed by atoms with Crippen molar-refractivity contribution in [3.8, 4) is 0 Å². The molecule has 0 aromatic heterocycles. The molecule has 1 amide bonds. The van der Waals surface area contributed by atoms with Crippen molar-refractivity contribution in [3.63, 3.8) is 0 Å². The SMILES string of the molecule is CC.CCC.CCN(C)C(=O)CC(C)/C=C\C1=C(C)N=C(C2C=C(C)C=CS2)C2=C(C=CC=CC2)S1. The molecule has 3 rings (SSSR count). The molecule has 0 aromatic rings. The normalized spacial score (nSPS) is 19.8. The maximum atomic E-state index is 12.2. The van der Waals surface area contributed by atoms with Gasteiger partial charge in [-0.3, -0.25) is 9.79 Å². The van der Waals surface area contributed by atoms with Crippen molar-refractivity contribution in [1.82, 2.24) is 4.90 Å². The minimum Gasteiger partial charge on any atom is -0.346 e. The zero-order valence-corrected chi connectivity index (χ0v) is 25.4. The second-order valence-corrected chi connectivity index (χ2v) is 10.9. The van der Waals surface area contributed by atoms with Crippen LogP contribution >= 0.6 is 23.5 Å². The van der Waals surface area contributed by atoms with E-state index in [9.17, 15) is 4.79 Å². The Labute approximate surface area is 229 Å². The molecule has 0 saturated heterocycles. The van der Waals surface area contributed by atoms with Crippen LogP contribution in [0.1, 0.15) is 74.7 Å². The fourth-order valence-electron chi connectivity index (χ4n) is 3.46. The largest absolute Gasteiger partial charge is 0.346 e. The Bertz CT molecular complexity index is 977. The van der Waals surface area contributed by atoms with Gasteiger partial charge in [0.15, 0.2) is 0 Å². The highest BCUT2D eigenvalue weighted by molar-refractivity contribution is 8.07. The molecule has 2 aliphatic heterocycles.